The van der Waals surface area contributed by atoms with Crippen molar-refractivity contribution in [3.8, 4) is 6.07 Å². The summed E-state index contributed by atoms with van der Waals surface area (Å²) in [4.78, 5) is 16.4. The topological polar surface area (TPSA) is 83.1 Å². The molecule has 2 rings (SSSR count). The summed E-state index contributed by atoms with van der Waals surface area (Å²) < 4.78 is 0. The third kappa shape index (κ3) is 2.57. The van der Waals surface area contributed by atoms with Crippen molar-refractivity contribution < 1.29 is 4.92 Å². The Morgan fingerprint density at radius 2 is 2.00 bits per heavy atom. The smallest absolute Gasteiger partial charge is 0.312 e. The molecule has 0 aliphatic carbocycles. The molecule has 0 atom stereocenters. The first-order valence-electron chi connectivity index (χ1n) is 5.88. The maximum Gasteiger partial charge on any atom is 0.312 e. The zero-order valence-corrected chi connectivity index (χ0v) is 11.1. The van der Waals surface area contributed by atoms with Crippen molar-refractivity contribution in [3.05, 3.63) is 57.8 Å². The molecule has 0 radical (unpaired) electrons. The van der Waals surface area contributed by atoms with Crippen molar-refractivity contribution in [1.29, 1.82) is 5.26 Å². The molecule has 2 aromatic rings. The van der Waals surface area contributed by atoms with Crippen molar-refractivity contribution >= 4 is 17.2 Å². The average Bonchev–Trinajstić information content (AvgIpc) is 2.46. The second kappa shape index (κ2) is 5.36. The molecule has 0 aliphatic heterocycles. The van der Waals surface area contributed by atoms with E-state index in [0.29, 0.717) is 5.56 Å². The number of nitriles is 1. The molecule has 20 heavy (non-hydrogen) atoms. The van der Waals surface area contributed by atoms with Gasteiger partial charge in [0.15, 0.2) is 0 Å². The highest BCUT2D eigenvalue weighted by molar-refractivity contribution is 5.68. The zero-order chi connectivity index (χ0) is 14.7. The minimum atomic E-state index is -0.449. The van der Waals surface area contributed by atoms with E-state index in [-0.39, 0.29) is 11.5 Å². The summed E-state index contributed by atoms with van der Waals surface area (Å²) in [5.74, 6) is 0.269. The molecular weight excluding hydrogens is 256 g/mol. The molecule has 0 fully saturated rings. The molecule has 1 aromatic heterocycles. The number of aryl methyl sites for hydroxylation is 1. The van der Waals surface area contributed by atoms with Crippen LogP contribution < -0.4 is 4.90 Å². The van der Waals surface area contributed by atoms with Gasteiger partial charge in [0.25, 0.3) is 0 Å². The number of hydrogen-bond acceptors (Lipinski definition) is 5. The van der Waals surface area contributed by atoms with Crippen LogP contribution in [0.15, 0.2) is 36.5 Å². The van der Waals surface area contributed by atoms with Crippen LogP contribution >= 0.6 is 0 Å². The summed E-state index contributed by atoms with van der Waals surface area (Å²) in [6.45, 7) is 1.76. The van der Waals surface area contributed by atoms with E-state index in [1.54, 1.807) is 49.3 Å². The summed E-state index contributed by atoms with van der Waals surface area (Å²) >= 11 is 0. The van der Waals surface area contributed by atoms with Gasteiger partial charge >= 0.3 is 5.69 Å². The van der Waals surface area contributed by atoms with Gasteiger partial charge in [0.2, 0.25) is 5.82 Å². The summed E-state index contributed by atoms with van der Waals surface area (Å²) in [6, 6.07) is 10.3. The number of rotatable bonds is 3. The lowest BCUT2D eigenvalue weighted by Gasteiger charge is -2.18. The minimum Gasteiger partial charge on any atom is -0.324 e. The van der Waals surface area contributed by atoms with Crippen LogP contribution in [0.25, 0.3) is 0 Å². The fourth-order valence-electron chi connectivity index (χ4n) is 1.82. The van der Waals surface area contributed by atoms with Crippen LogP contribution in [0.2, 0.25) is 0 Å². The van der Waals surface area contributed by atoms with Gasteiger partial charge in [-0.3, -0.25) is 10.1 Å². The van der Waals surface area contributed by atoms with Crippen LogP contribution in [0.5, 0.6) is 0 Å². The van der Waals surface area contributed by atoms with Crippen LogP contribution in [0, 0.1) is 28.4 Å². The van der Waals surface area contributed by atoms with Gasteiger partial charge < -0.3 is 4.90 Å². The summed E-state index contributed by atoms with van der Waals surface area (Å²) in [5, 5.41) is 19.9. The largest absolute Gasteiger partial charge is 0.324 e. The molecule has 1 heterocycles. The number of nitro groups is 1. The van der Waals surface area contributed by atoms with Crippen molar-refractivity contribution in [2.45, 2.75) is 6.92 Å². The predicted octanol–water partition coefficient (Wildman–Crippen LogP) is 2.94. The Morgan fingerprint density at radius 1 is 1.35 bits per heavy atom. The lowest BCUT2D eigenvalue weighted by Crippen LogP contribution is -2.13. The maximum atomic E-state index is 11.1. The molecule has 1 aromatic carbocycles. The molecule has 0 spiro atoms. The molecule has 0 amide bonds. The SMILES string of the molecule is Cc1cnc(N(C)c2ccc(C#N)cc2)c([N+](=O)[O-])c1. The Bertz CT molecular complexity index is 689. The van der Waals surface area contributed by atoms with Gasteiger partial charge in [-0.15, -0.1) is 0 Å². The molecular formula is C14H12N4O2. The van der Waals surface area contributed by atoms with E-state index in [1.165, 1.54) is 6.07 Å². The van der Waals surface area contributed by atoms with Crippen molar-refractivity contribution in [2.24, 2.45) is 0 Å². The standard InChI is InChI=1S/C14H12N4O2/c1-10-7-13(18(19)20)14(16-9-10)17(2)12-5-3-11(8-15)4-6-12/h3-7,9H,1-2H3. The lowest BCUT2D eigenvalue weighted by atomic mass is 10.2. The van der Waals surface area contributed by atoms with E-state index in [1.807, 2.05) is 6.07 Å². The average molecular weight is 268 g/mol. The quantitative estimate of drug-likeness (QED) is 0.631. The molecule has 6 heteroatoms. The maximum absolute atomic E-state index is 11.1. The van der Waals surface area contributed by atoms with Gasteiger partial charge in [-0.2, -0.15) is 5.26 Å². The van der Waals surface area contributed by atoms with Crippen molar-refractivity contribution in [2.75, 3.05) is 11.9 Å². The highest BCUT2D eigenvalue weighted by Gasteiger charge is 2.20. The number of pyridine rings is 1. The van der Waals surface area contributed by atoms with E-state index in [4.69, 9.17) is 5.26 Å². The van der Waals surface area contributed by atoms with Gasteiger partial charge in [-0.1, -0.05) is 0 Å². The van der Waals surface area contributed by atoms with Gasteiger partial charge in [0.1, 0.15) is 0 Å². The lowest BCUT2D eigenvalue weighted by molar-refractivity contribution is -0.384. The highest BCUT2D eigenvalue weighted by Crippen LogP contribution is 2.30. The second-order valence-corrected chi connectivity index (χ2v) is 4.33. The van der Waals surface area contributed by atoms with Gasteiger partial charge in [0.05, 0.1) is 16.6 Å². The summed E-state index contributed by atoms with van der Waals surface area (Å²) in [5.41, 5.74) is 1.95. The third-order valence-corrected chi connectivity index (χ3v) is 2.88. The molecule has 0 N–H and O–H groups in total. The second-order valence-electron chi connectivity index (χ2n) is 4.33. The third-order valence-electron chi connectivity index (χ3n) is 2.88. The summed E-state index contributed by atoms with van der Waals surface area (Å²) in [6.07, 6.45) is 1.59. The van der Waals surface area contributed by atoms with Crippen LogP contribution in [0.4, 0.5) is 17.2 Å². The fourth-order valence-corrected chi connectivity index (χ4v) is 1.82. The van der Waals surface area contributed by atoms with Gasteiger partial charge in [0, 0.05) is 25.0 Å². The van der Waals surface area contributed by atoms with E-state index < -0.39 is 4.92 Å². The molecule has 0 saturated heterocycles. The van der Waals surface area contributed by atoms with E-state index >= 15 is 0 Å². The molecule has 0 saturated carbocycles. The number of aromatic nitrogens is 1. The first-order chi connectivity index (χ1) is 9.52. The first-order valence-corrected chi connectivity index (χ1v) is 5.88. The normalized spacial score (nSPS) is 9.85. The van der Waals surface area contributed by atoms with Crippen LogP contribution in [-0.4, -0.2) is 17.0 Å². The molecule has 0 bridgehead atoms. The Kier molecular flexibility index (Phi) is 3.62. The molecule has 100 valence electrons. The zero-order valence-electron chi connectivity index (χ0n) is 11.1. The number of benzene rings is 1. The monoisotopic (exact) mass is 268 g/mol. The van der Waals surface area contributed by atoms with E-state index in [0.717, 1.165) is 11.3 Å². The van der Waals surface area contributed by atoms with Crippen molar-refractivity contribution in [1.82, 2.24) is 4.98 Å². The van der Waals surface area contributed by atoms with Crippen LogP contribution in [-0.2, 0) is 0 Å². The Morgan fingerprint density at radius 3 is 2.55 bits per heavy atom. The van der Waals surface area contributed by atoms with Crippen LogP contribution in [0.1, 0.15) is 11.1 Å². The number of hydrogen-bond donors (Lipinski definition) is 0. The Hall–Kier alpha value is -2.94. The Balaban J connectivity index is 2.44. The molecule has 6 nitrogen and oxygen atoms in total. The van der Waals surface area contributed by atoms with E-state index in [2.05, 4.69) is 4.98 Å². The number of nitrogens with zero attached hydrogens (tertiary/aromatic N) is 4. The van der Waals surface area contributed by atoms with Gasteiger partial charge in [-0.25, -0.2) is 4.98 Å². The van der Waals surface area contributed by atoms with Crippen molar-refractivity contribution in [3.63, 3.8) is 0 Å². The number of anilines is 2. The molecule has 0 unspecified atom stereocenters. The Labute approximate surface area is 116 Å². The van der Waals surface area contributed by atoms with Gasteiger partial charge in [-0.05, 0) is 36.8 Å². The fraction of sp³-hybridized carbons (Fsp3) is 0.143. The minimum absolute atomic E-state index is 0.0446. The van der Waals surface area contributed by atoms with Crippen LogP contribution in [0.3, 0.4) is 0 Å². The summed E-state index contributed by atoms with van der Waals surface area (Å²) in [7, 11) is 1.70. The first kappa shape index (κ1) is 13.5. The highest BCUT2D eigenvalue weighted by atomic mass is 16.6. The van der Waals surface area contributed by atoms with E-state index in [9.17, 15) is 10.1 Å². The molecule has 0 aliphatic rings. The predicted molar refractivity (Wildman–Crippen MR) is 74.8 cm³/mol.